The standard InChI is InChI=1S/C35H30/c1-3-35(4-2)33-21-25(29-17-13-23-9-5-7-11-27(23)29)15-19-31(33)32-20-16-26(22-34(32)35)30-18-14-24-10-6-8-12-28(24)30/h5-22,29-30H,3-4H2,1-2H3. The lowest BCUT2D eigenvalue weighted by Gasteiger charge is -2.31. The molecule has 0 radical (unpaired) electrons. The third-order valence-electron chi connectivity index (χ3n) is 8.93. The Balaban J connectivity index is 1.35. The molecule has 7 rings (SSSR count). The maximum Gasteiger partial charge on any atom is 0.0278 e. The van der Waals surface area contributed by atoms with E-state index in [0.29, 0.717) is 11.8 Å². The Morgan fingerprint density at radius 1 is 0.571 bits per heavy atom. The maximum atomic E-state index is 2.53. The highest BCUT2D eigenvalue weighted by Crippen LogP contribution is 2.54. The first-order chi connectivity index (χ1) is 17.2. The van der Waals surface area contributed by atoms with E-state index >= 15 is 0 Å². The summed E-state index contributed by atoms with van der Waals surface area (Å²) in [5, 5.41) is 0. The zero-order valence-electron chi connectivity index (χ0n) is 20.5. The summed E-state index contributed by atoms with van der Waals surface area (Å²) >= 11 is 0. The van der Waals surface area contributed by atoms with Gasteiger partial charge in [-0.2, -0.15) is 0 Å². The smallest absolute Gasteiger partial charge is 0.0278 e. The van der Waals surface area contributed by atoms with E-state index in [0.717, 1.165) is 12.8 Å². The van der Waals surface area contributed by atoms with Crippen molar-refractivity contribution in [3.05, 3.63) is 142 Å². The second-order valence-corrected chi connectivity index (χ2v) is 10.3. The Labute approximate surface area is 208 Å². The second kappa shape index (κ2) is 7.68. The van der Waals surface area contributed by atoms with Crippen molar-refractivity contribution in [3.63, 3.8) is 0 Å². The average molecular weight is 451 g/mol. The highest BCUT2D eigenvalue weighted by atomic mass is 14.4. The Morgan fingerprint density at radius 3 is 1.49 bits per heavy atom. The fourth-order valence-electron chi connectivity index (χ4n) is 7.01. The summed E-state index contributed by atoms with van der Waals surface area (Å²) in [5.74, 6) is 0.699. The lowest BCUT2D eigenvalue weighted by molar-refractivity contribution is 0.489. The molecular weight excluding hydrogens is 420 g/mol. The van der Waals surface area contributed by atoms with Crippen molar-refractivity contribution in [2.75, 3.05) is 0 Å². The molecule has 0 amide bonds. The van der Waals surface area contributed by atoms with E-state index in [-0.39, 0.29) is 5.41 Å². The van der Waals surface area contributed by atoms with Crippen LogP contribution in [0.15, 0.2) is 97.1 Å². The summed E-state index contributed by atoms with van der Waals surface area (Å²) in [6.45, 7) is 4.74. The second-order valence-electron chi connectivity index (χ2n) is 10.3. The monoisotopic (exact) mass is 450 g/mol. The Kier molecular flexibility index (Phi) is 4.55. The van der Waals surface area contributed by atoms with Crippen molar-refractivity contribution >= 4 is 12.2 Å². The van der Waals surface area contributed by atoms with Crippen LogP contribution in [-0.2, 0) is 5.41 Å². The van der Waals surface area contributed by atoms with Crippen molar-refractivity contribution in [2.45, 2.75) is 43.9 Å². The molecule has 0 fully saturated rings. The number of hydrogen-bond donors (Lipinski definition) is 0. The topological polar surface area (TPSA) is 0 Å². The molecule has 35 heavy (non-hydrogen) atoms. The van der Waals surface area contributed by atoms with Gasteiger partial charge < -0.3 is 0 Å². The highest BCUT2D eigenvalue weighted by molar-refractivity contribution is 5.82. The fraction of sp³-hybridized carbons (Fsp3) is 0.200. The molecule has 0 bridgehead atoms. The molecule has 0 saturated carbocycles. The molecule has 2 unspecified atom stereocenters. The Morgan fingerprint density at radius 2 is 1.03 bits per heavy atom. The minimum atomic E-state index is 0.0698. The minimum absolute atomic E-state index is 0.0698. The first-order valence-electron chi connectivity index (χ1n) is 13.1. The number of benzene rings is 4. The van der Waals surface area contributed by atoms with Gasteiger partial charge in [0.2, 0.25) is 0 Å². The normalized spacial score (nSPS) is 19.9. The predicted octanol–water partition coefficient (Wildman–Crippen LogP) is 9.09. The summed E-state index contributed by atoms with van der Waals surface area (Å²) in [6, 6.07) is 32.2. The van der Waals surface area contributed by atoms with Gasteiger partial charge in [-0.3, -0.25) is 0 Å². The van der Waals surface area contributed by atoms with Crippen LogP contribution in [0.5, 0.6) is 0 Å². The zero-order valence-corrected chi connectivity index (χ0v) is 20.5. The molecule has 2 atom stereocenters. The van der Waals surface area contributed by atoms with Gasteiger partial charge in [0.1, 0.15) is 0 Å². The third kappa shape index (κ3) is 2.86. The van der Waals surface area contributed by atoms with Gasteiger partial charge >= 0.3 is 0 Å². The molecule has 0 N–H and O–H groups in total. The van der Waals surface area contributed by atoms with Crippen molar-refractivity contribution in [1.29, 1.82) is 0 Å². The van der Waals surface area contributed by atoms with Crippen LogP contribution in [0.4, 0.5) is 0 Å². The van der Waals surface area contributed by atoms with Crippen LogP contribution in [0, 0.1) is 0 Å². The number of allylic oxidation sites excluding steroid dienone is 2. The van der Waals surface area contributed by atoms with Gasteiger partial charge in [0.05, 0.1) is 0 Å². The first-order valence-corrected chi connectivity index (χ1v) is 13.1. The van der Waals surface area contributed by atoms with E-state index in [1.165, 1.54) is 55.6 Å². The van der Waals surface area contributed by atoms with Crippen molar-refractivity contribution in [3.8, 4) is 11.1 Å². The van der Waals surface area contributed by atoms with Crippen LogP contribution >= 0.6 is 0 Å². The minimum Gasteiger partial charge on any atom is -0.0720 e. The third-order valence-corrected chi connectivity index (χ3v) is 8.93. The molecule has 3 aliphatic rings. The van der Waals surface area contributed by atoms with Crippen LogP contribution in [0.1, 0.15) is 83.0 Å². The van der Waals surface area contributed by atoms with Crippen LogP contribution in [0.3, 0.4) is 0 Å². The van der Waals surface area contributed by atoms with E-state index in [1.54, 1.807) is 0 Å². The molecule has 4 aromatic rings. The highest BCUT2D eigenvalue weighted by Gasteiger charge is 2.41. The summed E-state index contributed by atoms with van der Waals surface area (Å²) in [6.07, 6.45) is 11.5. The first kappa shape index (κ1) is 20.7. The summed E-state index contributed by atoms with van der Waals surface area (Å²) in [5.41, 5.74) is 14.4. The molecule has 170 valence electrons. The molecule has 0 saturated heterocycles. The van der Waals surface area contributed by atoms with Gasteiger partial charge in [0.15, 0.2) is 0 Å². The molecule has 3 aliphatic carbocycles. The molecular formula is C35H30. The quantitative estimate of drug-likeness (QED) is 0.291. The SMILES string of the molecule is CCC1(CC)c2cc(C3C=Cc4ccccc43)ccc2-c2ccc(C3C=Cc4ccccc43)cc21. The van der Waals surface area contributed by atoms with E-state index in [4.69, 9.17) is 0 Å². The molecule has 0 aliphatic heterocycles. The zero-order chi connectivity index (χ0) is 23.6. The van der Waals surface area contributed by atoms with Gasteiger partial charge in [-0.1, -0.05) is 123 Å². The Bertz CT molecular complexity index is 1410. The van der Waals surface area contributed by atoms with Crippen LogP contribution in [-0.4, -0.2) is 0 Å². The summed E-state index contributed by atoms with van der Waals surface area (Å²) in [4.78, 5) is 0. The molecule has 0 heterocycles. The number of rotatable bonds is 4. The summed E-state index contributed by atoms with van der Waals surface area (Å²) in [7, 11) is 0. The lowest BCUT2D eigenvalue weighted by Crippen LogP contribution is -2.23. The average Bonchev–Trinajstić information content (AvgIpc) is 3.61. The fourth-order valence-corrected chi connectivity index (χ4v) is 7.01. The van der Waals surface area contributed by atoms with Crippen molar-refractivity contribution in [1.82, 2.24) is 0 Å². The molecule has 0 aromatic heterocycles. The summed E-state index contributed by atoms with van der Waals surface area (Å²) < 4.78 is 0. The van der Waals surface area contributed by atoms with E-state index in [2.05, 4.69) is 123 Å². The molecule has 4 aromatic carbocycles. The van der Waals surface area contributed by atoms with Crippen LogP contribution < -0.4 is 0 Å². The van der Waals surface area contributed by atoms with Crippen molar-refractivity contribution < 1.29 is 0 Å². The predicted molar refractivity (Wildman–Crippen MR) is 148 cm³/mol. The van der Waals surface area contributed by atoms with Crippen molar-refractivity contribution in [2.24, 2.45) is 0 Å². The van der Waals surface area contributed by atoms with E-state index in [9.17, 15) is 0 Å². The number of fused-ring (bicyclic) bond motifs is 5. The van der Waals surface area contributed by atoms with Gasteiger partial charge in [-0.25, -0.2) is 0 Å². The van der Waals surface area contributed by atoms with Crippen LogP contribution in [0.2, 0.25) is 0 Å². The van der Waals surface area contributed by atoms with Crippen LogP contribution in [0.25, 0.3) is 23.3 Å². The Hall–Kier alpha value is -3.64. The molecule has 0 heteroatoms. The maximum absolute atomic E-state index is 2.53. The molecule has 0 spiro atoms. The van der Waals surface area contributed by atoms with E-state index in [1.807, 2.05) is 0 Å². The largest absolute Gasteiger partial charge is 0.0720 e. The van der Waals surface area contributed by atoms with Gasteiger partial charge in [0, 0.05) is 17.3 Å². The number of hydrogen-bond acceptors (Lipinski definition) is 0. The lowest BCUT2D eigenvalue weighted by atomic mass is 9.72. The van der Waals surface area contributed by atoms with Gasteiger partial charge in [-0.05, 0) is 68.5 Å². The van der Waals surface area contributed by atoms with E-state index < -0.39 is 0 Å². The molecule has 0 nitrogen and oxygen atoms in total. The van der Waals surface area contributed by atoms with Gasteiger partial charge in [0.25, 0.3) is 0 Å². The van der Waals surface area contributed by atoms with Gasteiger partial charge in [-0.15, -0.1) is 0 Å².